The number of aromatic nitrogens is 4. The minimum absolute atomic E-state index is 0.157. The van der Waals surface area contributed by atoms with Crippen molar-refractivity contribution in [1.82, 2.24) is 18.9 Å². The normalized spacial score (nSPS) is 11.5. The van der Waals surface area contributed by atoms with Crippen molar-refractivity contribution >= 4 is 28.9 Å². The number of rotatable bonds is 5. The van der Waals surface area contributed by atoms with Gasteiger partial charge in [0.2, 0.25) is 0 Å². The smallest absolute Gasteiger partial charge is 0.401 e. The Morgan fingerprint density at radius 1 is 0.943 bits per heavy atom. The maximum Gasteiger partial charge on any atom is 0.433 e. The van der Waals surface area contributed by atoms with E-state index >= 15 is 0 Å². The highest BCUT2D eigenvalue weighted by Crippen LogP contribution is 2.20. The molecule has 10 nitrogen and oxygen atoms in total. The van der Waals surface area contributed by atoms with E-state index in [2.05, 4.69) is 4.98 Å². The summed E-state index contributed by atoms with van der Waals surface area (Å²) < 4.78 is 9.62. The molecule has 0 aliphatic carbocycles. The van der Waals surface area contributed by atoms with Gasteiger partial charge in [-0.1, -0.05) is 30.3 Å². The van der Waals surface area contributed by atoms with E-state index in [1.807, 2.05) is 18.2 Å². The highest BCUT2D eigenvalue weighted by atomic mass is 16.6. The average molecular weight is 469 g/mol. The molecule has 5 rings (SSSR count). The molecular formula is C25H19N5O5. The van der Waals surface area contributed by atoms with Gasteiger partial charge >= 0.3 is 5.88 Å². The quantitative estimate of drug-likeness (QED) is 0.285. The van der Waals surface area contributed by atoms with Crippen molar-refractivity contribution in [2.75, 3.05) is 0 Å². The van der Waals surface area contributed by atoms with Crippen molar-refractivity contribution in [1.29, 1.82) is 0 Å². The molecule has 0 atom stereocenters. The van der Waals surface area contributed by atoms with Crippen LogP contribution in [0.3, 0.4) is 0 Å². The first-order valence-corrected chi connectivity index (χ1v) is 10.7. The zero-order valence-electron chi connectivity index (χ0n) is 18.8. The number of hydrogen-bond acceptors (Lipinski definition) is 6. The second-order valence-corrected chi connectivity index (χ2v) is 7.80. The largest absolute Gasteiger partial charge is 0.433 e. The number of hydrogen-bond donors (Lipinski definition) is 0. The van der Waals surface area contributed by atoms with Crippen LogP contribution in [0.25, 0.3) is 34.4 Å². The van der Waals surface area contributed by atoms with Crippen LogP contribution in [0.15, 0.2) is 80.7 Å². The van der Waals surface area contributed by atoms with Gasteiger partial charge in [-0.15, -0.1) is 0 Å². The summed E-state index contributed by atoms with van der Waals surface area (Å²) in [5, 5.41) is 11.3. The summed E-state index contributed by atoms with van der Waals surface area (Å²) in [6.45, 7) is 1.75. The van der Waals surface area contributed by atoms with Crippen LogP contribution in [0.5, 0.6) is 0 Å². The summed E-state index contributed by atoms with van der Waals surface area (Å²) in [5.41, 5.74) is 1.02. The maximum absolute atomic E-state index is 13.6. The van der Waals surface area contributed by atoms with E-state index in [-0.39, 0.29) is 17.3 Å². The Morgan fingerprint density at radius 3 is 2.37 bits per heavy atom. The Morgan fingerprint density at radius 2 is 1.66 bits per heavy atom. The first-order valence-electron chi connectivity index (χ1n) is 10.7. The number of benzene rings is 2. The van der Waals surface area contributed by atoms with E-state index < -0.39 is 21.9 Å². The first-order chi connectivity index (χ1) is 16.9. The minimum Gasteiger partial charge on any atom is -0.401 e. The third-order valence-electron chi connectivity index (χ3n) is 5.74. The van der Waals surface area contributed by atoms with E-state index in [9.17, 15) is 19.7 Å². The van der Waals surface area contributed by atoms with Crippen molar-refractivity contribution in [3.63, 3.8) is 0 Å². The summed E-state index contributed by atoms with van der Waals surface area (Å²) in [6.07, 6.45) is 2.96. The molecule has 0 unspecified atom stereocenters. The summed E-state index contributed by atoms with van der Waals surface area (Å²) in [5.74, 6) is -0.0194. The van der Waals surface area contributed by atoms with Gasteiger partial charge in [0.1, 0.15) is 22.2 Å². The number of nitrogens with zero attached hydrogens (tertiary/aromatic N) is 5. The molecular weight excluding hydrogens is 450 g/mol. The average Bonchev–Trinajstić information content (AvgIpc) is 3.42. The van der Waals surface area contributed by atoms with Crippen LogP contribution in [0.4, 0.5) is 5.88 Å². The molecule has 0 aliphatic rings. The molecule has 3 heterocycles. The Balaban J connectivity index is 1.77. The monoisotopic (exact) mass is 469 g/mol. The van der Waals surface area contributed by atoms with E-state index in [4.69, 9.17) is 4.42 Å². The fourth-order valence-corrected chi connectivity index (χ4v) is 3.98. The Bertz CT molecular complexity index is 1740. The van der Waals surface area contributed by atoms with Crippen LogP contribution < -0.4 is 11.1 Å². The Labute approximate surface area is 197 Å². The molecule has 3 aromatic heterocycles. The number of fused-ring (bicyclic) bond motifs is 1. The van der Waals surface area contributed by atoms with Gasteiger partial charge in [0.05, 0.1) is 28.4 Å². The van der Waals surface area contributed by atoms with Crippen LogP contribution in [0, 0.1) is 17.0 Å². The molecule has 0 radical (unpaired) electrons. The van der Waals surface area contributed by atoms with Crippen LogP contribution in [0.1, 0.15) is 17.3 Å². The predicted molar refractivity (Wildman–Crippen MR) is 131 cm³/mol. The van der Waals surface area contributed by atoms with Crippen LogP contribution >= 0.6 is 0 Å². The molecule has 174 valence electrons. The third-order valence-corrected chi connectivity index (χ3v) is 5.74. The summed E-state index contributed by atoms with van der Waals surface area (Å²) in [6, 6.07) is 18.6. The van der Waals surface area contributed by atoms with Gasteiger partial charge in [-0.25, -0.2) is 9.67 Å². The van der Waals surface area contributed by atoms with Crippen molar-refractivity contribution in [3.05, 3.63) is 115 Å². The second kappa shape index (κ2) is 8.41. The molecule has 10 heteroatoms. The van der Waals surface area contributed by atoms with Crippen molar-refractivity contribution in [3.8, 4) is 11.4 Å². The second-order valence-electron chi connectivity index (χ2n) is 7.80. The van der Waals surface area contributed by atoms with Crippen LogP contribution in [-0.2, 0) is 7.05 Å². The van der Waals surface area contributed by atoms with Crippen molar-refractivity contribution in [2.45, 2.75) is 6.92 Å². The molecule has 0 saturated heterocycles. The standard InChI is InChI=1S/C25H19N5O5/c1-16-23(25(32)29(27(16)2)17-8-4-3-5-9-17)28-21(14-12-18-13-15-22(35-18)30(33)34)26-20-11-7-6-10-19(20)24(28)31/h3-15H,1-2H3/b14-12+. The zero-order chi connectivity index (χ0) is 24.7. The lowest BCUT2D eigenvalue weighted by atomic mass is 10.2. The van der Waals surface area contributed by atoms with Gasteiger partial charge in [-0.05, 0) is 49.4 Å². The molecule has 5 aromatic rings. The van der Waals surface area contributed by atoms with E-state index in [1.165, 1.54) is 33.5 Å². The van der Waals surface area contributed by atoms with Crippen LogP contribution in [-0.4, -0.2) is 23.8 Å². The van der Waals surface area contributed by atoms with E-state index in [0.29, 0.717) is 22.3 Å². The van der Waals surface area contributed by atoms with Gasteiger partial charge in [0.15, 0.2) is 0 Å². The van der Waals surface area contributed by atoms with Crippen molar-refractivity contribution in [2.24, 2.45) is 7.05 Å². The SMILES string of the molecule is Cc1c(-n2c(/C=C/c3ccc([N+](=O)[O-])o3)nc3ccccc3c2=O)c(=O)n(-c2ccccc2)n1C. The molecule has 0 aliphatic heterocycles. The molecule has 0 N–H and O–H groups in total. The lowest BCUT2D eigenvalue weighted by molar-refractivity contribution is -0.402. The highest BCUT2D eigenvalue weighted by molar-refractivity contribution is 5.80. The number of para-hydroxylation sites is 2. The Hall–Kier alpha value is -4.99. The summed E-state index contributed by atoms with van der Waals surface area (Å²) >= 11 is 0. The lowest BCUT2D eigenvalue weighted by Gasteiger charge is -2.10. The maximum atomic E-state index is 13.6. The van der Waals surface area contributed by atoms with Gasteiger partial charge in [0, 0.05) is 7.05 Å². The number of nitro groups is 1. The highest BCUT2D eigenvalue weighted by Gasteiger charge is 2.22. The summed E-state index contributed by atoms with van der Waals surface area (Å²) in [7, 11) is 1.74. The summed E-state index contributed by atoms with van der Waals surface area (Å²) in [4.78, 5) is 42.2. The fourth-order valence-electron chi connectivity index (χ4n) is 3.98. The molecule has 2 aromatic carbocycles. The zero-order valence-corrected chi connectivity index (χ0v) is 18.8. The van der Waals surface area contributed by atoms with Gasteiger partial charge in [0.25, 0.3) is 11.1 Å². The fraction of sp³-hybridized carbons (Fsp3) is 0.0800. The predicted octanol–water partition coefficient (Wildman–Crippen LogP) is 3.86. The molecule has 0 fully saturated rings. The topological polar surface area (TPSA) is 118 Å². The third kappa shape index (κ3) is 3.66. The van der Waals surface area contributed by atoms with Gasteiger partial charge in [-0.2, -0.15) is 0 Å². The van der Waals surface area contributed by atoms with Crippen molar-refractivity contribution < 1.29 is 9.34 Å². The molecule has 35 heavy (non-hydrogen) atoms. The van der Waals surface area contributed by atoms with Gasteiger partial charge in [-0.3, -0.25) is 29.0 Å². The Kier molecular flexibility index (Phi) is 5.25. The molecule has 0 saturated carbocycles. The van der Waals surface area contributed by atoms with Gasteiger partial charge < -0.3 is 4.42 Å². The first kappa shape index (κ1) is 21.8. The van der Waals surface area contributed by atoms with Crippen LogP contribution in [0.2, 0.25) is 0 Å². The lowest BCUT2D eigenvalue weighted by Crippen LogP contribution is -2.28. The minimum atomic E-state index is -0.638. The van der Waals surface area contributed by atoms with E-state index in [0.717, 1.165) is 0 Å². The molecule has 0 spiro atoms. The van der Waals surface area contributed by atoms with E-state index in [1.54, 1.807) is 55.1 Å². The molecule has 0 amide bonds. The molecule has 0 bridgehead atoms. The number of furan rings is 1.